The minimum absolute atomic E-state index is 0.118. The van der Waals surface area contributed by atoms with E-state index in [1.54, 1.807) is 0 Å². The molecule has 0 atom stereocenters. The number of aromatic nitrogens is 1. The molecule has 1 aromatic rings. The fourth-order valence-electron chi connectivity index (χ4n) is 1.19. The van der Waals surface area contributed by atoms with E-state index in [1.165, 1.54) is 23.7 Å². The second kappa shape index (κ2) is 4.56. The summed E-state index contributed by atoms with van der Waals surface area (Å²) in [5.74, 6) is -0.482. The van der Waals surface area contributed by atoms with Crippen LogP contribution in [-0.2, 0) is 7.05 Å². The highest BCUT2D eigenvalue weighted by Gasteiger charge is 2.19. The van der Waals surface area contributed by atoms with E-state index in [1.807, 2.05) is 0 Å². The Hall–Kier alpha value is -1.89. The minimum Gasteiger partial charge on any atom is -0.358 e. The molecule has 1 heterocycles. The highest BCUT2D eigenvalue weighted by molar-refractivity contribution is 5.93. The van der Waals surface area contributed by atoms with Crippen molar-refractivity contribution in [3.8, 4) is 0 Å². The van der Waals surface area contributed by atoms with Crippen molar-refractivity contribution in [3.05, 3.63) is 27.9 Å². The topological polar surface area (TPSA) is 103 Å². The summed E-state index contributed by atoms with van der Waals surface area (Å²) in [4.78, 5) is 21.4. The number of rotatable bonds is 4. The van der Waals surface area contributed by atoms with Crippen LogP contribution in [0, 0.1) is 10.1 Å². The van der Waals surface area contributed by atoms with Crippen LogP contribution < -0.4 is 11.1 Å². The monoisotopic (exact) mass is 212 g/mol. The molecule has 1 aromatic heterocycles. The molecule has 0 radical (unpaired) electrons. The summed E-state index contributed by atoms with van der Waals surface area (Å²) in [6.45, 7) is 0.677. The quantitative estimate of drug-likeness (QED) is 0.524. The van der Waals surface area contributed by atoms with Crippen molar-refractivity contribution in [2.24, 2.45) is 12.8 Å². The molecule has 1 amide bonds. The molecule has 7 heteroatoms. The van der Waals surface area contributed by atoms with Crippen molar-refractivity contribution >= 4 is 11.7 Å². The van der Waals surface area contributed by atoms with Gasteiger partial charge in [-0.2, -0.15) is 0 Å². The van der Waals surface area contributed by atoms with E-state index in [2.05, 4.69) is 5.32 Å². The molecule has 0 saturated heterocycles. The van der Waals surface area contributed by atoms with Gasteiger partial charge in [-0.25, -0.2) is 4.57 Å². The van der Waals surface area contributed by atoms with Crippen LogP contribution in [0.15, 0.2) is 12.1 Å². The predicted octanol–water partition coefficient (Wildman–Crippen LogP) is -0.378. The van der Waals surface area contributed by atoms with Crippen molar-refractivity contribution < 1.29 is 9.72 Å². The molecule has 0 spiro atoms. The fraction of sp³-hybridized carbons (Fsp3) is 0.375. The summed E-state index contributed by atoms with van der Waals surface area (Å²) < 4.78 is 1.23. The lowest BCUT2D eigenvalue weighted by Gasteiger charge is -2.01. The molecule has 7 nitrogen and oxygen atoms in total. The van der Waals surface area contributed by atoms with Gasteiger partial charge >= 0.3 is 5.82 Å². The number of hydrogen-bond acceptors (Lipinski definition) is 4. The van der Waals surface area contributed by atoms with E-state index in [4.69, 9.17) is 5.73 Å². The molecule has 0 saturated carbocycles. The smallest absolute Gasteiger partial charge is 0.323 e. The maximum absolute atomic E-state index is 11.5. The van der Waals surface area contributed by atoms with Crippen LogP contribution in [0.1, 0.15) is 10.5 Å². The van der Waals surface area contributed by atoms with Crippen LogP contribution in [0.3, 0.4) is 0 Å². The Bertz CT molecular complexity index is 385. The molecule has 0 bridgehead atoms. The molecule has 3 N–H and O–H groups in total. The summed E-state index contributed by atoms with van der Waals surface area (Å²) in [6.07, 6.45) is 0. The largest absolute Gasteiger partial charge is 0.358 e. The zero-order valence-corrected chi connectivity index (χ0v) is 8.27. The molecule has 15 heavy (non-hydrogen) atoms. The van der Waals surface area contributed by atoms with Gasteiger partial charge in [0.05, 0.1) is 7.05 Å². The second-order valence-electron chi connectivity index (χ2n) is 2.94. The van der Waals surface area contributed by atoms with Gasteiger partial charge in [0, 0.05) is 19.2 Å². The molecular weight excluding hydrogens is 200 g/mol. The van der Waals surface area contributed by atoms with Gasteiger partial charge in [-0.1, -0.05) is 0 Å². The molecule has 1 rings (SSSR count). The first-order valence-corrected chi connectivity index (χ1v) is 4.36. The third kappa shape index (κ3) is 2.32. The van der Waals surface area contributed by atoms with Crippen molar-refractivity contribution in [2.75, 3.05) is 13.1 Å². The number of hydrogen-bond donors (Lipinski definition) is 2. The van der Waals surface area contributed by atoms with Gasteiger partial charge in [-0.15, -0.1) is 0 Å². The lowest BCUT2D eigenvalue weighted by Crippen LogP contribution is -2.30. The van der Waals surface area contributed by atoms with E-state index in [9.17, 15) is 14.9 Å². The van der Waals surface area contributed by atoms with Crippen LogP contribution >= 0.6 is 0 Å². The molecule has 0 fully saturated rings. The van der Waals surface area contributed by atoms with Crippen molar-refractivity contribution in [2.45, 2.75) is 0 Å². The molecule has 0 aromatic carbocycles. The van der Waals surface area contributed by atoms with Crippen molar-refractivity contribution in [1.29, 1.82) is 0 Å². The average Bonchev–Trinajstić information content (AvgIpc) is 2.56. The Kier molecular flexibility index (Phi) is 3.40. The Morgan fingerprint density at radius 2 is 2.33 bits per heavy atom. The summed E-state index contributed by atoms with van der Waals surface area (Å²) >= 11 is 0. The number of nitrogens with zero attached hydrogens (tertiary/aromatic N) is 2. The Labute approximate surface area is 86.0 Å². The fourth-order valence-corrected chi connectivity index (χ4v) is 1.19. The van der Waals surface area contributed by atoms with Gasteiger partial charge in [0.1, 0.15) is 0 Å². The number of nitrogens with two attached hydrogens (primary N) is 1. The molecule has 82 valence electrons. The maximum atomic E-state index is 11.5. The highest BCUT2D eigenvalue weighted by atomic mass is 16.6. The number of nitro groups is 1. The lowest BCUT2D eigenvalue weighted by atomic mass is 10.4. The lowest BCUT2D eigenvalue weighted by molar-refractivity contribution is -0.391. The summed E-state index contributed by atoms with van der Waals surface area (Å²) in [5, 5.41) is 13.0. The van der Waals surface area contributed by atoms with E-state index in [-0.39, 0.29) is 17.4 Å². The summed E-state index contributed by atoms with van der Waals surface area (Å²) in [5.41, 5.74) is 5.46. The standard InChI is InChI=1S/C8H12N4O3/c1-11-6(8(13)10-5-4-9)2-3-7(11)12(14)15/h2-3H,4-5,9H2,1H3,(H,10,13). The second-order valence-corrected chi connectivity index (χ2v) is 2.94. The zero-order valence-electron chi connectivity index (χ0n) is 8.27. The summed E-state index contributed by atoms with van der Waals surface area (Å²) in [6, 6.07) is 2.70. The number of amides is 1. The van der Waals surface area contributed by atoms with Crippen LogP contribution in [0.5, 0.6) is 0 Å². The zero-order chi connectivity index (χ0) is 11.4. The predicted molar refractivity (Wildman–Crippen MR) is 53.5 cm³/mol. The van der Waals surface area contributed by atoms with Gasteiger partial charge in [0.15, 0.2) is 5.69 Å². The van der Waals surface area contributed by atoms with Crippen molar-refractivity contribution in [3.63, 3.8) is 0 Å². The summed E-state index contributed by atoms with van der Waals surface area (Å²) in [7, 11) is 1.47. The van der Waals surface area contributed by atoms with E-state index in [0.717, 1.165) is 0 Å². The first-order chi connectivity index (χ1) is 7.07. The average molecular weight is 212 g/mol. The van der Waals surface area contributed by atoms with E-state index < -0.39 is 4.92 Å². The van der Waals surface area contributed by atoms with Gasteiger partial charge < -0.3 is 21.2 Å². The van der Waals surface area contributed by atoms with Crippen LogP contribution in [0.4, 0.5) is 5.82 Å². The normalized spacial score (nSPS) is 10.0. The van der Waals surface area contributed by atoms with Crippen molar-refractivity contribution in [1.82, 2.24) is 9.88 Å². The first-order valence-electron chi connectivity index (χ1n) is 4.36. The molecule has 0 aliphatic heterocycles. The molecular formula is C8H12N4O3. The van der Waals surface area contributed by atoms with Gasteiger partial charge in [0.2, 0.25) is 0 Å². The molecule has 0 aliphatic carbocycles. The Morgan fingerprint density at radius 1 is 1.67 bits per heavy atom. The number of carbonyl (C=O) groups excluding carboxylic acids is 1. The molecule has 0 unspecified atom stereocenters. The van der Waals surface area contributed by atoms with Gasteiger partial charge in [-0.3, -0.25) is 4.79 Å². The number of nitrogens with one attached hydrogen (secondary N) is 1. The minimum atomic E-state index is -0.542. The van der Waals surface area contributed by atoms with E-state index in [0.29, 0.717) is 13.1 Å². The molecule has 0 aliphatic rings. The first kappa shape index (κ1) is 11.2. The van der Waals surface area contributed by atoms with Gasteiger partial charge in [-0.05, 0) is 11.0 Å². The number of carbonyl (C=O) groups is 1. The van der Waals surface area contributed by atoms with E-state index >= 15 is 0 Å². The van der Waals surface area contributed by atoms with Crippen LogP contribution in [-0.4, -0.2) is 28.5 Å². The Morgan fingerprint density at radius 3 is 2.80 bits per heavy atom. The third-order valence-corrected chi connectivity index (χ3v) is 1.94. The van der Waals surface area contributed by atoms with Crippen LogP contribution in [0.2, 0.25) is 0 Å². The van der Waals surface area contributed by atoms with Crippen LogP contribution in [0.25, 0.3) is 0 Å². The SMILES string of the molecule is Cn1c(C(=O)NCCN)ccc1[N+](=O)[O-]. The maximum Gasteiger partial charge on any atom is 0.323 e. The highest BCUT2D eigenvalue weighted by Crippen LogP contribution is 2.14. The van der Waals surface area contributed by atoms with Gasteiger partial charge in [0.25, 0.3) is 5.91 Å². The third-order valence-electron chi connectivity index (χ3n) is 1.94. The Balaban J connectivity index is 2.86.